The molecule has 0 aliphatic rings. The van der Waals surface area contributed by atoms with Crippen molar-refractivity contribution in [3.8, 4) is 5.75 Å². The lowest BCUT2D eigenvalue weighted by Crippen LogP contribution is -2.25. The lowest BCUT2D eigenvalue weighted by atomic mass is 10.2. The number of ether oxygens (including phenoxy) is 1. The molecule has 1 heterocycles. The normalized spacial score (nSPS) is 10.3. The molecule has 6 nitrogen and oxygen atoms in total. The largest absolute Gasteiger partial charge is 0.495 e. The second kappa shape index (κ2) is 8.86. The van der Waals surface area contributed by atoms with E-state index < -0.39 is 0 Å². The van der Waals surface area contributed by atoms with Gasteiger partial charge in [0.2, 0.25) is 0 Å². The predicted molar refractivity (Wildman–Crippen MR) is 94.9 cm³/mol. The Hall–Kier alpha value is -2.63. The molecular formula is C18H24N4O2. The number of nitrogens with zero attached hydrogens (tertiary/aromatic N) is 2. The molecule has 0 saturated carbocycles. The summed E-state index contributed by atoms with van der Waals surface area (Å²) in [5.74, 6) is 1.08. The first-order valence-corrected chi connectivity index (χ1v) is 8.17. The summed E-state index contributed by atoms with van der Waals surface area (Å²) in [5, 5.41) is 14.1. The van der Waals surface area contributed by atoms with Gasteiger partial charge in [0.1, 0.15) is 5.75 Å². The maximum absolute atomic E-state index is 12.0. The smallest absolute Gasteiger partial charge is 0.271 e. The number of unbranched alkanes of at least 4 members (excludes halogenated alkanes) is 2. The molecule has 1 aromatic heterocycles. The van der Waals surface area contributed by atoms with Crippen LogP contribution in [0.5, 0.6) is 5.75 Å². The molecule has 0 spiro atoms. The molecule has 1 aromatic carbocycles. The maximum atomic E-state index is 12.0. The third-order valence-corrected chi connectivity index (χ3v) is 3.58. The van der Waals surface area contributed by atoms with E-state index in [1.165, 1.54) is 0 Å². The molecule has 0 unspecified atom stereocenters. The van der Waals surface area contributed by atoms with Crippen LogP contribution in [0.15, 0.2) is 30.3 Å². The average Bonchev–Trinajstić information content (AvgIpc) is 2.59. The van der Waals surface area contributed by atoms with Crippen molar-refractivity contribution >= 4 is 17.4 Å². The third-order valence-electron chi connectivity index (χ3n) is 3.58. The summed E-state index contributed by atoms with van der Waals surface area (Å²) in [4.78, 5) is 12.0. The van der Waals surface area contributed by atoms with Crippen LogP contribution in [0.25, 0.3) is 0 Å². The highest BCUT2D eigenvalue weighted by molar-refractivity contribution is 5.92. The van der Waals surface area contributed by atoms with Crippen LogP contribution in [0.4, 0.5) is 11.5 Å². The molecule has 6 heteroatoms. The highest BCUT2D eigenvalue weighted by Gasteiger charge is 2.09. The summed E-state index contributed by atoms with van der Waals surface area (Å²) in [7, 11) is 1.62. The van der Waals surface area contributed by atoms with Crippen LogP contribution >= 0.6 is 0 Å². The lowest BCUT2D eigenvalue weighted by molar-refractivity contribution is 0.0947. The Bertz CT molecular complexity index is 671. The van der Waals surface area contributed by atoms with Crippen molar-refractivity contribution < 1.29 is 9.53 Å². The van der Waals surface area contributed by atoms with Crippen LogP contribution in [-0.2, 0) is 0 Å². The number of nitrogens with one attached hydrogen (secondary N) is 2. The van der Waals surface area contributed by atoms with Crippen molar-refractivity contribution in [1.29, 1.82) is 0 Å². The third kappa shape index (κ3) is 4.94. The average molecular weight is 328 g/mol. The summed E-state index contributed by atoms with van der Waals surface area (Å²) in [6.45, 7) is 4.79. The van der Waals surface area contributed by atoms with Crippen LogP contribution in [0, 0.1) is 6.92 Å². The van der Waals surface area contributed by atoms with E-state index in [-0.39, 0.29) is 5.91 Å². The van der Waals surface area contributed by atoms with Gasteiger partial charge in [-0.1, -0.05) is 25.8 Å². The highest BCUT2D eigenvalue weighted by atomic mass is 16.5. The number of aromatic nitrogens is 2. The van der Waals surface area contributed by atoms with Gasteiger partial charge in [-0.25, -0.2) is 0 Å². The van der Waals surface area contributed by atoms with Gasteiger partial charge in [-0.2, -0.15) is 0 Å². The minimum Gasteiger partial charge on any atom is -0.495 e. The zero-order valence-electron chi connectivity index (χ0n) is 14.4. The maximum Gasteiger partial charge on any atom is 0.271 e. The van der Waals surface area contributed by atoms with E-state index in [4.69, 9.17) is 4.74 Å². The zero-order valence-corrected chi connectivity index (χ0v) is 14.4. The molecule has 128 valence electrons. The molecule has 2 rings (SSSR count). The Balaban J connectivity index is 1.99. The Labute approximate surface area is 142 Å². The van der Waals surface area contributed by atoms with Crippen LogP contribution in [0.3, 0.4) is 0 Å². The second-order valence-corrected chi connectivity index (χ2v) is 5.60. The van der Waals surface area contributed by atoms with Gasteiger partial charge in [-0.15, -0.1) is 10.2 Å². The first-order chi connectivity index (χ1) is 11.6. The van der Waals surface area contributed by atoms with Gasteiger partial charge in [0.25, 0.3) is 5.91 Å². The van der Waals surface area contributed by atoms with Crippen LogP contribution in [-0.4, -0.2) is 29.8 Å². The molecular weight excluding hydrogens is 304 g/mol. The number of aryl methyl sites for hydroxylation is 1. The number of rotatable bonds is 8. The monoisotopic (exact) mass is 328 g/mol. The van der Waals surface area contributed by atoms with Crippen molar-refractivity contribution in [2.75, 3.05) is 19.0 Å². The van der Waals surface area contributed by atoms with Crippen molar-refractivity contribution in [2.45, 2.75) is 33.1 Å². The fourth-order valence-electron chi connectivity index (χ4n) is 2.25. The molecule has 0 bridgehead atoms. The van der Waals surface area contributed by atoms with Crippen molar-refractivity contribution in [3.63, 3.8) is 0 Å². The number of amides is 1. The SMILES string of the molecule is CCCCCNC(=O)c1ccc(Nc2cc(C)ccc2OC)nn1. The molecule has 0 saturated heterocycles. The van der Waals surface area contributed by atoms with Crippen molar-refractivity contribution in [3.05, 3.63) is 41.6 Å². The Morgan fingerprint density at radius 2 is 2.00 bits per heavy atom. The standard InChI is InChI=1S/C18H24N4O2/c1-4-5-6-11-19-18(23)14-8-10-17(22-21-14)20-15-12-13(2)7-9-16(15)24-3/h7-10,12H,4-6,11H2,1-3H3,(H,19,23)(H,20,22). The molecule has 0 radical (unpaired) electrons. The number of hydrogen-bond acceptors (Lipinski definition) is 5. The van der Waals surface area contributed by atoms with Crippen LogP contribution in [0.1, 0.15) is 42.2 Å². The minimum absolute atomic E-state index is 0.196. The molecule has 1 amide bonds. The summed E-state index contributed by atoms with van der Waals surface area (Å²) < 4.78 is 5.32. The van der Waals surface area contributed by atoms with Gasteiger partial charge >= 0.3 is 0 Å². The number of benzene rings is 1. The number of carbonyl (C=O) groups is 1. The molecule has 0 aliphatic heterocycles. The zero-order chi connectivity index (χ0) is 17.4. The van der Waals surface area contributed by atoms with Gasteiger partial charge in [-0.05, 0) is 43.2 Å². The second-order valence-electron chi connectivity index (χ2n) is 5.60. The quantitative estimate of drug-likeness (QED) is 0.726. The lowest BCUT2D eigenvalue weighted by Gasteiger charge is -2.11. The topological polar surface area (TPSA) is 76.1 Å². The van der Waals surface area contributed by atoms with E-state index >= 15 is 0 Å². The van der Waals surface area contributed by atoms with E-state index in [1.807, 2.05) is 25.1 Å². The molecule has 2 aromatic rings. The van der Waals surface area contributed by atoms with E-state index in [9.17, 15) is 4.79 Å². The van der Waals surface area contributed by atoms with Gasteiger partial charge in [0, 0.05) is 6.54 Å². The first kappa shape index (κ1) is 17.7. The van der Waals surface area contributed by atoms with Crippen LogP contribution < -0.4 is 15.4 Å². The molecule has 0 fully saturated rings. The summed E-state index contributed by atoms with van der Waals surface area (Å²) in [5.41, 5.74) is 2.23. The van der Waals surface area contributed by atoms with Gasteiger partial charge in [0.05, 0.1) is 12.8 Å². The number of carbonyl (C=O) groups excluding carboxylic acids is 1. The fourth-order valence-corrected chi connectivity index (χ4v) is 2.25. The molecule has 24 heavy (non-hydrogen) atoms. The fraction of sp³-hybridized carbons (Fsp3) is 0.389. The Morgan fingerprint density at radius 3 is 2.67 bits per heavy atom. The van der Waals surface area contributed by atoms with Gasteiger partial charge < -0.3 is 15.4 Å². The number of hydrogen-bond donors (Lipinski definition) is 2. The Morgan fingerprint density at radius 1 is 1.17 bits per heavy atom. The Kier molecular flexibility index (Phi) is 6.54. The van der Waals surface area contributed by atoms with Gasteiger partial charge in [-0.3, -0.25) is 4.79 Å². The number of methoxy groups -OCH3 is 1. The summed E-state index contributed by atoms with van der Waals surface area (Å²) in [6, 6.07) is 9.22. The molecule has 0 aliphatic carbocycles. The number of anilines is 2. The van der Waals surface area contributed by atoms with Crippen molar-refractivity contribution in [1.82, 2.24) is 15.5 Å². The minimum atomic E-state index is -0.196. The van der Waals surface area contributed by atoms with Gasteiger partial charge in [0.15, 0.2) is 11.5 Å². The highest BCUT2D eigenvalue weighted by Crippen LogP contribution is 2.27. The van der Waals surface area contributed by atoms with Crippen LogP contribution in [0.2, 0.25) is 0 Å². The summed E-state index contributed by atoms with van der Waals surface area (Å²) in [6.07, 6.45) is 3.20. The van der Waals surface area contributed by atoms with E-state index in [0.717, 1.165) is 36.3 Å². The molecule has 0 atom stereocenters. The molecule has 2 N–H and O–H groups in total. The summed E-state index contributed by atoms with van der Waals surface area (Å²) >= 11 is 0. The van der Waals surface area contributed by atoms with E-state index in [1.54, 1.807) is 19.2 Å². The van der Waals surface area contributed by atoms with Crippen molar-refractivity contribution in [2.24, 2.45) is 0 Å². The van der Waals surface area contributed by atoms with E-state index in [0.29, 0.717) is 18.1 Å². The first-order valence-electron chi connectivity index (χ1n) is 8.17. The predicted octanol–water partition coefficient (Wildman–Crippen LogP) is 3.46. The van der Waals surface area contributed by atoms with E-state index in [2.05, 4.69) is 27.8 Å².